The molecule has 0 saturated carbocycles. The van der Waals surface area contributed by atoms with Gasteiger partial charge in [-0.05, 0) is 44.0 Å². The summed E-state index contributed by atoms with van der Waals surface area (Å²) in [6.07, 6.45) is 0.494. The molecule has 2 N–H and O–H groups in total. The van der Waals surface area contributed by atoms with Gasteiger partial charge in [-0.15, -0.1) is 0 Å². The van der Waals surface area contributed by atoms with Crippen molar-refractivity contribution in [3.8, 4) is 0 Å². The monoisotopic (exact) mass is 301 g/mol. The SMILES string of the molecule is Cc1cc([N+](=O)[O-])c(S(=O)(=O)N(C)CCCN)cc1C. The second-order valence-electron chi connectivity index (χ2n) is 4.63. The molecule has 0 aromatic heterocycles. The molecule has 0 aliphatic heterocycles. The fourth-order valence-corrected chi connectivity index (χ4v) is 3.15. The van der Waals surface area contributed by atoms with E-state index in [1.165, 1.54) is 19.2 Å². The van der Waals surface area contributed by atoms with Crippen LogP contribution >= 0.6 is 0 Å². The van der Waals surface area contributed by atoms with Gasteiger partial charge in [0.25, 0.3) is 5.69 Å². The smallest absolute Gasteiger partial charge is 0.289 e. The van der Waals surface area contributed by atoms with Crippen LogP contribution in [0.15, 0.2) is 17.0 Å². The van der Waals surface area contributed by atoms with Crippen LogP contribution < -0.4 is 5.73 Å². The fraction of sp³-hybridized carbons (Fsp3) is 0.500. The van der Waals surface area contributed by atoms with E-state index in [0.717, 1.165) is 4.31 Å². The molecule has 112 valence electrons. The minimum atomic E-state index is -3.89. The summed E-state index contributed by atoms with van der Waals surface area (Å²) in [7, 11) is -2.50. The molecule has 1 aromatic carbocycles. The Morgan fingerprint density at radius 2 is 1.85 bits per heavy atom. The summed E-state index contributed by atoms with van der Waals surface area (Å²) in [5, 5.41) is 11.1. The van der Waals surface area contributed by atoms with Crippen LogP contribution in [0.25, 0.3) is 0 Å². The van der Waals surface area contributed by atoms with Gasteiger partial charge in [0.05, 0.1) is 4.92 Å². The van der Waals surface area contributed by atoms with Gasteiger partial charge in [-0.25, -0.2) is 12.7 Å². The summed E-state index contributed by atoms with van der Waals surface area (Å²) < 4.78 is 25.9. The van der Waals surface area contributed by atoms with E-state index in [4.69, 9.17) is 5.73 Å². The van der Waals surface area contributed by atoms with Crippen LogP contribution in [-0.2, 0) is 10.0 Å². The summed E-state index contributed by atoms with van der Waals surface area (Å²) in [4.78, 5) is 10.1. The van der Waals surface area contributed by atoms with Gasteiger partial charge < -0.3 is 5.73 Å². The first-order valence-electron chi connectivity index (χ1n) is 6.14. The second kappa shape index (κ2) is 6.29. The predicted octanol–water partition coefficient (Wildman–Crippen LogP) is 1.18. The van der Waals surface area contributed by atoms with Crippen molar-refractivity contribution >= 4 is 15.7 Å². The van der Waals surface area contributed by atoms with Gasteiger partial charge in [-0.2, -0.15) is 0 Å². The molecule has 0 radical (unpaired) electrons. The number of nitrogens with two attached hydrogens (primary N) is 1. The molecule has 0 spiro atoms. The van der Waals surface area contributed by atoms with Crippen molar-refractivity contribution in [1.82, 2.24) is 4.31 Å². The molecule has 20 heavy (non-hydrogen) atoms. The standard InChI is InChI=1S/C12H19N3O4S/c1-9-7-11(15(16)17)12(8-10(9)2)20(18,19)14(3)6-4-5-13/h7-8H,4-6,13H2,1-3H3. The highest BCUT2D eigenvalue weighted by atomic mass is 32.2. The summed E-state index contributed by atoms with van der Waals surface area (Å²) in [5.74, 6) is 0. The van der Waals surface area contributed by atoms with Crippen molar-refractivity contribution in [2.24, 2.45) is 5.73 Å². The van der Waals surface area contributed by atoms with Gasteiger partial charge in [-0.3, -0.25) is 10.1 Å². The molecule has 8 heteroatoms. The van der Waals surface area contributed by atoms with E-state index in [1.54, 1.807) is 13.8 Å². The molecule has 0 aliphatic rings. The van der Waals surface area contributed by atoms with Gasteiger partial charge in [0, 0.05) is 19.7 Å². The van der Waals surface area contributed by atoms with Crippen LogP contribution in [0.3, 0.4) is 0 Å². The lowest BCUT2D eigenvalue weighted by molar-refractivity contribution is -0.387. The maximum Gasteiger partial charge on any atom is 0.289 e. The van der Waals surface area contributed by atoms with Gasteiger partial charge in [0.2, 0.25) is 10.0 Å². The molecule has 1 rings (SSSR count). The van der Waals surface area contributed by atoms with E-state index in [0.29, 0.717) is 24.1 Å². The third kappa shape index (κ3) is 3.33. The van der Waals surface area contributed by atoms with Gasteiger partial charge >= 0.3 is 0 Å². The van der Waals surface area contributed by atoms with E-state index in [1.807, 2.05) is 0 Å². The number of benzene rings is 1. The molecule has 0 unspecified atom stereocenters. The fourth-order valence-electron chi connectivity index (χ4n) is 1.73. The number of aryl methyl sites for hydroxylation is 2. The zero-order chi connectivity index (χ0) is 15.5. The van der Waals surface area contributed by atoms with Gasteiger partial charge in [0.1, 0.15) is 0 Å². The average molecular weight is 301 g/mol. The maximum atomic E-state index is 12.4. The molecule has 0 saturated heterocycles. The quantitative estimate of drug-likeness (QED) is 0.627. The minimum absolute atomic E-state index is 0.225. The van der Waals surface area contributed by atoms with Crippen molar-refractivity contribution in [2.45, 2.75) is 25.2 Å². The lowest BCUT2D eigenvalue weighted by Crippen LogP contribution is -2.29. The third-order valence-corrected chi connectivity index (χ3v) is 5.02. The number of sulfonamides is 1. The second-order valence-corrected chi connectivity index (χ2v) is 6.64. The number of nitro benzene ring substituents is 1. The van der Waals surface area contributed by atoms with Crippen LogP contribution in [-0.4, -0.2) is 37.8 Å². The summed E-state index contributed by atoms with van der Waals surface area (Å²) >= 11 is 0. The minimum Gasteiger partial charge on any atom is -0.330 e. The van der Waals surface area contributed by atoms with Crippen LogP contribution in [0.1, 0.15) is 17.5 Å². The molecule has 0 atom stereocenters. The maximum absolute atomic E-state index is 12.4. The highest BCUT2D eigenvalue weighted by molar-refractivity contribution is 7.89. The largest absolute Gasteiger partial charge is 0.330 e. The number of rotatable bonds is 6. The molecular formula is C12H19N3O4S. The van der Waals surface area contributed by atoms with E-state index >= 15 is 0 Å². The third-order valence-electron chi connectivity index (χ3n) is 3.14. The van der Waals surface area contributed by atoms with Crippen molar-refractivity contribution in [3.63, 3.8) is 0 Å². The number of hydrogen-bond donors (Lipinski definition) is 1. The Morgan fingerprint density at radius 3 is 2.35 bits per heavy atom. The zero-order valence-electron chi connectivity index (χ0n) is 11.8. The molecule has 0 fully saturated rings. The van der Waals surface area contributed by atoms with Crippen molar-refractivity contribution in [1.29, 1.82) is 0 Å². The van der Waals surface area contributed by atoms with E-state index < -0.39 is 20.6 Å². The van der Waals surface area contributed by atoms with Crippen LogP contribution in [0.5, 0.6) is 0 Å². The molecule has 7 nitrogen and oxygen atoms in total. The normalized spacial score (nSPS) is 11.8. The van der Waals surface area contributed by atoms with Crippen molar-refractivity contribution in [2.75, 3.05) is 20.1 Å². The van der Waals surface area contributed by atoms with E-state index in [2.05, 4.69) is 0 Å². The van der Waals surface area contributed by atoms with E-state index in [9.17, 15) is 18.5 Å². The molecule has 1 aromatic rings. The van der Waals surface area contributed by atoms with E-state index in [-0.39, 0.29) is 11.4 Å². The molecule has 0 amide bonds. The van der Waals surface area contributed by atoms with Crippen LogP contribution in [0.2, 0.25) is 0 Å². The predicted molar refractivity (Wildman–Crippen MR) is 76.1 cm³/mol. The highest BCUT2D eigenvalue weighted by Crippen LogP contribution is 2.29. The Balaban J connectivity index is 3.37. The lowest BCUT2D eigenvalue weighted by atomic mass is 10.1. The van der Waals surface area contributed by atoms with Crippen molar-refractivity contribution in [3.05, 3.63) is 33.4 Å². The molecular weight excluding hydrogens is 282 g/mol. The number of nitro groups is 1. The number of nitrogens with zero attached hydrogens (tertiary/aromatic N) is 2. The van der Waals surface area contributed by atoms with Crippen LogP contribution in [0.4, 0.5) is 5.69 Å². The Bertz CT molecular complexity index is 613. The van der Waals surface area contributed by atoms with Crippen LogP contribution in [0, 0.1) is 24.0 Å². The van der Waals surface area contributed by atoms with Gasteiger partial charge in [-0.1, -0.05) is 0 Å². The first-order chi connectivity index (χ1) is 9.21. The Labute approximate surface area is 118 Å². The Hall–Kier alpha value is -1.51. The lowest BCUT2D eigenvalue weighted by Gasteiger charge is -2.17. The Kier molecular flexibility index (Phi) is 5.21. The first kappa shape index (κ1) is 16.5. The number of hydrogen-bond acceptors (Lipinski definition) is 5. The molecule has 0 bridgehead atoms. The molecule has 0 heterocycles. The first-order valence-corrected chi connectivity index (χ1v) is 7.58. The topological polar surface area (TPSA) is 107 Å². The summed E-state index contributed by atoms with van der Waals surface area (Å²) in [6.45, 7) is 4.01. The van der Waals surface area contributed by atoms with Gasteiger partial charge in [0.15, 0.2) is 4.90 Å². The van der Waals surface area contributed by atoms with Crippen molar-refractivity contribution < 1.29 is 13.3 Å². The highest BCUT2D eigenvalue weighted by Gasteiger charge is 2.29. The summed E-state index contributed by atoms with van der Waals surface area (Å²) in [5.41, 5.74) is 6.33. The zero-order valence-corrected chi connectivity index (χ0v) is 12.6. The Morgan fingerprint density at radius 1 is 1.30 bits per heavy atom. The summed E-state index contributed by atoms with van der Waals surface area (Å²) in [6, 6.07) is 2.64. The average Bonchev–Trinajstić information content (AvgIpc) is 2.37. The molecule has 0 aliphatic carbocycles.